The first kappa shape index (κ1) is 9.86. The molecule has 1 saturated heterocycles. The second-order valence-corrected chi connectivity index (χ2v) is 4.65. The highest BCUT2D eigenvalue weighted by atomic mass is 35.5. The molecule has 6 heteroatoms. The van der Waals surface area contributed by atoms with Gasteiger partial charge in [0.25, 0.3) is 11.8 Å². The number of thioether (sulfide) groups is 1. The van der Waals surface area contributed by atoms with Crippen molar-refractivity contribution in [2.24, 2.45) is 0 Å². The number of imide groups is 1. The van der Waals surface area contributed by atoms with E-state index in [2.05, 4.69) is 5.32 Å². The predicted molar refractivity (Wildman–Crippen MR) is 54.9 cm³/mol. The molecule has 2 aliphatic heterocycles. The van der Waals surface area contributed by atoms with E-state index in [0.717, 1.165) is 24.6 Å². The van der Waals surface area contributed by atoms with Gasteiger partial charge in [0.05, 0.1) is 0 Å². The molecule has 76 valence electrons. The monoisotopic (exact) mass is 232 g/mol. The maximum absolute atomic E-state index is 11.4. The van der Waals surface area contributed by atoms with Crippen LogP contribution in [0.5, 0.6) is 0 Å². The summed E-state index contributed by atoms with van der Waals surface area (Å²) in [5.74, 6) is 1.08. The molecule has 2 aliphatic rings. The molecule has 0 saturated carbocycles. The molecule has 0 aliphatic carbocycles. The quantitative estimate of drug-likeness (QED) is 0.654. The molecule has 0 spiro atoms. The molecule has 2 rings (SSSR count). The standard InChI is InChI=1S/C8H9ClN2O2S/c9-5-6(8(13)10-7(5)12)11-1-3-14-4-2-11/h1-4H2,(H,10,12,13). The summed E-state index contributed by atoms with van der Waals surface area (Å²) < 4.78 is 0. The molecule has 0 unspecified atom stereocenters. The fraction of sp³-hybridized carbons (Fsp3) is 0.500. The van der Waals surface area contributed by atoms with Crippen molar-refractivity contribution in [2.45, 2.75) is 0 Å². The molecule has 4 nitrogen and oxygen atoms in total. The highest BCUT2D eigenvalue weighted by molar-refractivity contribution is 7.99. The van der Waals surface area contributed by atoms with Crippen LogP contribution >= 0.6 is 23.4 Å². The molecule has 0 aromatic carbocycles. The summed E-state index contributed by atoms with van der Waals surface area (Å²) in [6.45, 7) is 1.55. The third-order valence-corrected chi connectivity index (χ3v) is 3.47. The first-order valence-electron chi connectivity index (χ1n) is 4.28. The van der Waals surface area contributed by atoms with Gasteiger partial charge >= 0.3 is 0 Å². The Hall–Kier alpha value is -0.680. The van der Waals surface area contributed by atoms with E-state index in [1.54, 1.807) is 0 Å². The van der Waals surface area contributed by atoms with Gasteiger partial charge in [0.1, 0.15) is 10.7 Å². The number of rotatable bonds is 1. The number of hydrogen-bond donors (Lipinski definition) is 1. The van der Waals surface area contributed by atoms with E-state index in [1.807, 2.05) is 16.7 Å². The number of nitrogens with one attached hydrogen (secondary N) is 1. The molecular weight excluding hydrogens is 224 g/mol. The minimum Gasteiger partial charge on any atom is -0.364 e. The molecule has 2 heterocycles. The van der Waals surface area contributed by atoms with E-state index < -0.39 is 5.91 Å². The van der Waals surface area contributed by atoms with E-state index in [4.69, 9.17) is 11.6 Å². The lowest BCUT2D eigenvalue weighted by Crippen LogP contribution is -2.36. The summed E-state index contributed by atoms with van der Waals surface area (Å²) in [6, 6.07) is 0. The van der Waals surface area contributed by atoms with Crippen molar-refractivity contribution in [3.63, 3.8) is 0 Å². The van der Waals surface area contributed by atoms with E-state index in [1.165, 1.54) is 0 Å². The summed E-state index contributed by atoms with van der Waals surface area (Å²) in [5, 5.41) is 2.21. The number of halogens is 1. The average Bonchev–Trinajstić information content (AvgIpc) is 2.43. The zero-order valence-electron chi connectivity index (χ0n) is 7.38. The Bertz CT molecular complexity index is 323. The molecule has 0 radical (unpaired) electrons. The van der Waals surface area contributed by atoms with E-state index in [-0.39, 0.29) is 10.9 Å². The molecule has 1 N–H and O–H groups in total. The Kier molecular flexibility index (Phi) is 2.69. The molecule has 0 bridgehead atoms. The van der Waals surface area contributed by atoms with Crippen molar-refractivity contribution in [1.29, 1.82) is 0 Å². The minimum absolute atomic E-state index is 0.0295. The van der Waals surface area contributed by atoms with Gasteiger partial charge in [-0.25, -0.2) is 0 Å². The first-order chi connectivity index (χ1) is 6.70. The fourth-order valence-electron chi connectivity index (χ4n) is 1.49. The molecule has 1 fully saturated rings. The highest BCUT2D eigenvalue weighted by Crippen LogP contribution is 2.23. The van der Waals surface area contributed by atoms with Gasteiger partial charge in [-0.2, -0.15) is 11.8 Å². The van der Waals surface area contributed by atoms with Crippen molar-refractivity contribution < 1.29 is 9.59 Å². The molecular formula is C8H9ClN2O2S. The number of nitrogens with zero attached hydrogens (tertiary/aromatic N) is 1. The number of carbonyl (C=O) groups is 2. The van der Waals surface area contributed by atoms with E-state index in [9.17, 15) is 9.59 Å². The van der Waals surface area contributed by atoms with Crippen LogP contribution in [0.15, 0.2) is 10.7 Å². The zero-order chi connectivity index (χ0) is 10.1. The Labute approximate surface area is 90.7 Å². The van der Waals surface area contributed by atoms with Gasteiger partial charge in [-0.3, -0.25) is 14.9 Å². The summed E-state index contributed by atoms with van der Waals surface area (Å²) in [4.78, 5) is 24.3. The smallest absolute Gasteiger partial charge is 0.276 e. The van der Waals surface area contributed by atoms with Crippen molar-refractivity contribution in [3.8, 4) is 0 Å². The number of hydrogen-bond acceptors (Lipinski definition) is 4. The van der Waals surface area contributed by atoms with Crippen molar-refractivity contribution in [3.05, 3.63) is 10.7 Å². The van der Waals surface area contributed by atoms with E-state index >= 15 is 0 Å². The van der Waals surface area contributed by atoms with Crippen LogP contribution in [0, 0.1) is 0 Å². The maximum Gasteiger partial charge on any atom is 0.276 e. The van der Waals surface area contributed by atoms with Crippen LogP contribution < -0.4 is 5.32 Å². The Morgan fingerprint density at radius 3 is 2.36 bits per heavy atom. The van der Waals surface area contributed by atoms with Crippen LogP contribution in [0.4, 0.5) is 0 Å². The lowest BCUT2D eigenvalue weighted by atomic mass is 10.3. The fourth-order valence-corrected chi connectivity index (χ4v) is 2.65. The van der Waals surface area contributed by atoms with Gasteiger partial charge in [0.2, 0.25) is 0 Å². The third-order valence-electron chi connectivity index (χ3n) is 2.18. The Balaban J connectivity index is 2.23. The van der Waals surface area contributed by atoms with Gasteiger partial charge in [-0.05, 0) is 0 Å². The SMILES string of the molecule is O=C1NC(=O)C(N2CCSCC2)=C1Cl. The van der Waals surface area contributed by atoms with Crippen LogP contribution in [0.3, 0.4) is 0 Å². The third kappa shape index (κ3) is 1.62. The van der Waals surface area contributed by atoms with Crippen LogP contribution in [0.2, 0.25) is 0 Å². The normalized spacial score (nSPS) is 23.1. The maximum atomic E-state index is 11.4. The topological polar surface area (TPSA) is 49.4 Å². The predicted octanol–water partition coefficient (Wildman–Crippen LogP) is 0.142. The average molecular weight is 233 g/mol. The van der Waals surface area contributed by atoms with Crippen molar-refractivity contribution in [1.82, 2.24) is 10.2 Å². The lowest BCUT2D eigenvalue weighted by Gasteiger charge is -2.28. The molecule has 0 aromatic heterocycles. The van der Waals surface area contributed by atoms with Crippen molar-refractivity contribution >= 4 is 35.2 Å². The van der Waals surface area contributed by atoms with Gasteiger partial charge < -0.3 is 4.90 Å². The second kappa shape index (κ2) is 3.82. The van der Waals surface area contributed by atoms with Crippen LogP contribution in [-0.4, -0.2) is 41.3 Å². The summed E-state index contributed by atoms with van der Waals surface area (Å²) in [7, 11) is 0. The zero-order valence-corrected chi connectivity index (χ0v) is 8.95. The lowest BCUT2D eigenvalue weighted by molar-refractivity contribution is -0.124. The van der Waals surface area contributed by atoms with Crippen molar-refractivity contribution in [2.75, 3.05) is 24.6 Å². The highest BCUT2D eigenvalue weighted by Gasteiger charge is 2.33. The molecule has 0 aromatic rings. The number of amides is 2. The van der Waals surface area contributed by atoms with Gasteiger partial charge in [-0.1, -0.05) is 11.6 Å². The second-order valence-electron chi connectivity index (χ2n) is 3.05. The molecule has 0 atom stereocenters. The van der Waals surface area contributed by atoms with Crippen LogP contribution in [0.1, 0.15) is 0 Å². The van der Waals surface area contributed by atoms with Gasteiger partial charge in [0.15, 0.2) is 0 Å². The van der Waals surface area contributed by atoms with Gasteiger partial charge in [0, 0.05) is 24.6 Å². The molecule has 2 amide bonds. The van der Waals surface area contributed by atoms with E-state index in [0.29, 0.717) is 5.70 Å². The van der Waals surface area contributed by atoms with Crippen LogP contribution in [-0.2, 0) is 9.59 Å². The Morgan fingerprint density at radius 1 is 1.21 bits per heavy atom. The first-order valence-corrected chi connectivity index (χ1v) is 5.81. The van der Waals surface area contributed by atoms with Crippen LogP contribution in [0.25, 0.3) is 0 Å². The summed E-state index contributed by atoms with van der Waals surface area (Å²) in [6.07, 6.45) is 0. The summed E-state index contributed by atoms with van der Waals surface area (Å²) in [5.41, 5.74) is 0.344. The molecule has 14 heavy (non-hydrogen) atoms. The Morgan fingerprint density at radius 2 is 1.86 bits per heavy atom. The van der Waals surface area contributed by atoms with Gasteiger partial charge in [-0.15, -0.1) is 0 Å². The summed E-state index contributed by atoms with van der Waals surface area (Å²) >= 11 is 7.59. The minimum atomic E-state index is -0.482. The number of carbonyl (C=O) groups excluding carboxylic acids is 2. The largest absolute Gasteiger partial charge is 0.364 e.